The molecule has 0 spiro atoms. The van der Waals surface area contributed by atoms with E-state index in [2.05, 4.69) is 0 Å². The van der Waals surface area contributed by atoms with Gasteiger partial charge in [0.15, 0.2) is 11.9 Å². The van der Waals surface area contributed by atoms with E-state index in [1.54, 1.807) is 24.3 Å². The summed E-state index contributed by atoms with van der Waals surface area (Å²) in [7, 11) is 0. The molecule has 1 saturated carbocycles. The van der Waals surface area contributed by atoms with Gasteiger partial charge in [-0.05, 0) is 25.0 Å². The Morgan fingerprint density at radius 3 is 2.60 bits per heavy atom. The van der Waals surface area contributed by atoms with Gasteiger partial charge in [0.1, 0.15) is 0 Å². The first-order valence-corrected chi connectivity index (χ1v) is 5.06. The number of hydrogen-bond donors (Lipinski definition) is 0. The standard InChI is InChI=1S/C12H12O3/c13-10-7-4-8-11(10)15-12(14)9-5-2-1-3-6-9/h1-3,5-6,11H,4,7-8H2/t11-/m1/s1. The molecule has 0 heterocycles. The molecule has 1 aromatic rings. The van der Waals surface area contributed by atoms with Crippen molar-refractivity contribution in [3.05, 3.63) is 35.9 Å². The zero-order chi connectivity index (χ0) is 10.7. The molecule has 2 rings (SSSR count). The number of carbonyl (C=O) groups is 2. The van der Waals surface area contributed by atoms with Crippen LogP contribution in [-0.2, 0) is 9.53 Å². The van der Waals surface area contributed by atoms with E-state index >= 15 is 0 Å². The van der Waals surface area contributed by atoms with Crippen LogP contribution in [-0.4, -0.2) is 17.9 Å². The lowest BCUT2D eigenvalue weighted by Crippen LogP contribution is -2.21. The van der Waals surface area contributed by atoms with Gasteiger partial charge in [-0.1, -0.05) is 18.2 Å². The van der Waals surface area contributed by atoms with E-state index in [0.29, 0.717) is 18.4 Å². The highest BCUT2D eigenvalue weighted by atomic mass is 16.5. The predicted octanol–water partition coefficient (Wildman–Crippen LogP) is 1.97. The summed E-state index contributed by atoms with van der Waals surface area (Å²) in [4.78, 5) is 22.8. The van der Waals surface area contributed by atoms with Crippen molar-refractivity contribution >= 4 is 11.8 Å². The monoisotopic (exact) mass is 204 g/mol. The predicted molar refractivity (Wildman–Crippen MR) is 54.5 cm³/mol. The van der Waals surface area contributed by atoms with Crippen molar-refractivity contribution in [3.8, 4) is 0 Å². The lowest BCUT2D eigenvalue weighted by molar-refractivity contribution is -0.124. The van der Waals surface area contributed by atoms with Crippen LogP contribution in [0.25, 0.3) is 0 Å². The molecule has 1 aliphatic carbocycles. The van der Waals surface area contributed by atoms with E-state index in [4.69, 9.17) is 4.74 Å². The molecule has 0 aromatic heterocycles. The summed E-state index contributed by atoms with van der Waals surface area (Å²) in [5.74, 6) is -0.366. The van der Waals surface area contributed by atoms with Crippen LogP contribution >= 0.6 is 0 Å². The maximum absolute atomic E-state index is 11.6. The minimum atomic E-state index is -0.516. The molecule has 3 nitrogen and oxygen atoms in total. The number of ether oxygens (including phenoxy) is 1. The molecule has 0 unspecified atom stereocenters. The van der Waals surface area contributed by atoms with E-state index in [0.717, 1.165) is 6.42 Å². The van der Waals surface area contributed by atoms with Crippen molar-refractivity contribution in [1.29, 1.82) is 0 Å². The van der Waals surface area contributed by atoms with E-state index in [1.165, 1.54) is 0 Å². The summed E-state index contributed by atoms with van der Waals surface area (Å²) in [6, 6.07) is 8.74. The molecule has 0 radical (unpaired) electrons. The third-order valence-corrected chi connectivity index (χ3v) is 2.51. The zero-order valence-electron chi connectivity index (χ0n) is 8.31. The van der Waals surface area contributed by atoms with Crippen molar-refractivity contribution in [2.24, 2.45) is 0 Å². The van der Waals surface area contributed by atoms with Crippen molar-refractivity contribution in [3.63, 3.8) is 0 Å². The first-order chi connectivity index (χ1) is 7.27. The molecule has 0 saturated heterocycles. The van der Waals surface area contributed by atoms with Gasteiger partial charge in [-0.15, -0.1) is 0 Å². The second-order valence-electron chi connectivity index (χ2n) is 3.62. The summed E-state index contributed by atoms with van der Waals surface area (Å²) in [5, 5.41) is 0. The fourth-order valence-electron chi connectivity index (χ4n) is 1.68. The third kappa shape index (κ3) is 2.24. The van der Waals surface area contributed by atoms with Gasteiger partial charge < -0.3 is 4.74 Å². The second-order valence-corrected chi connectivity index (χ2v) is 3.62. The first kappa shape index (κ1) is 9.90. The molecule has 15 heavy (non-hydrogen) atoms. The van der Waals surface area contributed by atoms with E-state index in [1.807, 2.05) is 6.07 Å². The number of benzene rings is 1. The lowest BCUT2D eigenvalue weighted by Gasteiger charge is -2.09. The van der Waals surface area contributed by atoms with E-state index in [9.17, 15) is 9.59 Å². The van der Waals surface area contributed by atoms with Crippen LogP contribution in [0.3, 0.4) is 0 Å². The van der Waals surface area contributed by atoms with Crippen LogP contribution in [0.15, 0.2) is 30.3 Å². The molecule has 1 aliphatic rings. The van der Waals surface area contributed by atoms with Gasteiger partial charge in [-0.3, -0.25) is 4.79 Å². The highest BCUT2D eigenvalue weighted by Crippen LogP contribution is 2.18. The Balaban J connectivity index is 2.01. The quantitative estimate of drug-likeness (QED) is 0.692. The maximum Gasteiger partial charge on any atom is 0.338 e. The van der Waals surface area contributed by atoms with Crippen molar-refractivity contribution in [2.45, 2.75) is 25.4 Å². The van der Waals surface area contributed by atoms with Gasteiger partial charge in [-0.25, -0.2) is 4.79 Å². The van der Waals surface area contributed by atoms with Gasteiger partial charge >= 0.3 is 5.97 Å². The zero-order valence-corrected chi connectivity index (χ0v) is 8.31. The van der Waals surface area contributed by atoms with Crippen LogP contribution in [0.4, 0.5) is 0 Å². The Morgan fingerprint density at radius 1 is 1.27 bits per heavy atom. The lowest BCUT2D eigenvalue weighted by atomic mass is 10.2. The third-order valence-electron chi connectivity index (χ3n) is 2.51. The highest BCUT2D eigenvalue weighted by molar-refractivity contribution is 5.93. The second kappa shape index (κ2) is 4.26. The number of carbonyl (C=O) groups excluding carboxylic acids is 2. The Bertz CT molecular complexity index is 370. The van der Waals surface area contributed by atoms with Gasteiger partial charge in [0.2, 0.25) is 0 Å². The molecule has 0 N–H and O–H groups in total. The molecule has 3 heteroatoms. The Kier molecular flexibility index (Phi) is 2.81. The first-order valence-electron chi connectivity index (χ1n) is 5.06. The highest BCUT2D eigenvalue weighted by Gasteiger charge is 2.28. The molecular weight excluding hydrogens is 192 g/mol. The summed E-state index contributed by atoms with van der Waals surface area (Å²) in [6.07, 6.45) is 1.51. The summed E-state index contributed by atoms with van der Waals surface area (Å²) in [6.45, 7) is 0. The molecule has 1 aromatic carbocycles. The van der Waals surface area contributed by atoms with Crippen LogP contribution in [0.1, 0.15) is 29.6 Å². The summed E-state index contributed by atoms with van der Waals surface area (Å²) < 4.78 is 5.12. The molecule has 78 valence electrons. The number of ketones is 1. The van der Waals surface area contributed by atoms with Crippen LogP contribution in [0, 0.1) is 0 Å². The van der Waals surface area contributed by atoms with Crippen molar-refractivity contribution in [2.75, 3.05) is 0 Å². The smallest absolute Gasteiger partial charge is 0.338 e. The van der Waals surface area contributed by atoms with Gasteiger partial charge in [0, 0.05) is 6.42 Å². The van der Waals surface area contributed by atoms with Crippen molar-refractivity contribution < 1.29 is 14.3 Å². The minimum absolute atomic E-state index is 0.0410. The Morgan fingerprint density at radius 2 is 2.00 bits per heavy atom. The van der Waals surface area contributed by atoms with Gasteiger partial charge in [0.05, 0.1) is 5.56 Å². The topological polar surface area (TPSA) is 43.4 Å². The molecule has 0 amide bonds. The van der Waals surface area contributed by atoms with Crippen LogP contribution in [0.5, 0.6) is 0 Å². The van der Waals surface area contributed by atoms with Crippen molar-refractivity contribution in [1.82, 2.24) is 0 Å². The minimum Gasteiger partial charge on any atom is -0.451 e. The molecule has 1 fully saturated rings. The fourth-order valence-corrected chi connectivity index (χ4v) is 1.68. The molecule has 0 aliphatic heterocycles. The largest absolute Gasteiger partial charge is 0.451 e. The summed E-state index contributed by atoms with van der Waals surface area (Å²) >= 11 is 0. The SMILES string of the molecule is O=C(O[C@@H]1CCCC1=O)c1ccccc1. The number of hydrogen-bond acceptors (Lipinski definition) is 3. The van der Waals surface area contributed by atoms with Gasteiger partial charge in [-0.2, -0.15) is 0 Å². The summed E-state index contributed by atoms with van der Waals surface area (Å²) in [5.41, 5.74) is 0.497. The molecule has 1 atom stereocenters. The number of Topliss-reactive ketones (excluding diaryl/α,β-unsaturated/α-hetero) is 1. The fraction of sp³-hybridized carbons (Fsp3) is 0.333. The molecular formula is C12H12O3. The van der Waals surface area contributed by atoms with E-state index in [-0.39, 0.29) is 5.78 Å². The Labute approximate surface area is 88.1 Å². The van der Waals surface area contributed by atoms with Gasteiger partial charge in [0.25, 0.3) is 0 Å². The average Bonchev–Trinajstić information content (AvgIpc) is 2.66. The van der Waals surface area contributed by atoms with Crippen LogP contribution in [0.2, 0.25) is 0 Å². The maximum atomic E-state index is 11.6. The molecule has 0 bridgehead atoms. The Hall–Kier alpha value is -1.64. The normalized spacial score (nSPS) is 20.3. The van der Waals surface area contributed by atoms with E-state index < -0.39 is 12.1 Å². The number of rotatable bonds is 2. The van der Waals surface area contributed by atoms with Crippen LogP contribution < -0.4 is 0 Å². The number of esters is 1. The average molecular weight is 204 g/mol.